The van der Waals surface area contributed by atoms with Crippen LogP contribution in [0.25, 0.3) is 0 Å². The molecule has 0 aromatic heterocycles. The number of imide groups is 2. The fourth-order valence-corrected chi connectivity index (χ4v) is 3.29. The van der Waals surface area contributed by atoms with Crippen LogP contribution < -0.4 is 10.2 Å². The van der Waals surface area contributed by atoms with Gasteiger partial charge >= 0.3 is 6.03 Å². The lowest BCUT2D eigenvalue weighted by Crippen LogP contribution is -2.66. The van der Waals surface area contributed by atoms with Crippen molar-refractivity contribution in [1.82, 2.24) is 5.32 Å². The standard InChI is InChI=1S/C13H10BrClN2O3/c14-7-2-3-9(8(15)6-7)17-11(19)13(4-1-5-13)10(18)16-12(17)20/h2-3,6H,1,4-5H2,(H,16,18,20). The summed E-state index contributed by atoms with van der Waals surface area (Å²) >= 11 is 9.36. The van der Waals surface area contributed by atoms with Crippen LogP contribution in [0.15, 0.2) is 22.7 Å². The number of carbonyl (C=O) groups excluding carboxylic acids is 3. The highest BCUT2D eigenvalue weighted by molar-refractivity contribution is 9.10. The zero-order valence-electron chi connectivity index (χ0n) is 10.3. The van der Waals surface area contributed by atoms with E-state index in [0.29, 0.717) is 12.8 Å². The van der Waals surface area contributed by atoms with Crippen molar-refractivity contribution in [2.75, 3.05) is 4.90 Å². The number of urea groups is 1. The molecule has 104 valence electrons. The first-order chi connectivity index (χ1) is 9.45. The van der Waals surface area contributed by atoms with Gasteiger partial charge in [-0.05, 0) is 31.0 Å². The first-order valence-electron chi connectivity index (χ1n) is 6.11. The highest BCUT2D eigenvalue weighted by Gasteiger charge is 2.57. The van der Waals surface area contributed by atoms with Crippen LogP contribution in [0.5, 0.6) is 0 Å². The summed E-state index contributed by atoms with van der Waals surface area (Å²) in [6, 6.07) is 4.11. The van der Waals surface area contributed by atoms with Crippen molar-refractivity contribution in [3.05, 3.63) is 27.7 Å². The van der Waals surface area contributed by atoms with Gasteiger partial charge in [0.25, 0.3) is 5.91 Å². The molecule has 7 heteroatoms. The molecule has 1 heterocycles. The molecule has 0 unspecified atom stereocenters. The molecule has 0 radical (unpaired) electrons. The zero-order valence-corrected chi connectivity index (χ0v) is 12.6. The molecule has 1 N–H and O–H groups in total. The molecule has 0 atom stereocenters. The van der Waals surface area contributed by atoms with Crippen LogP contribution in [0.2, 0.25) is 5.02 Å². The lowest BCUT2D eigenvalue weighted by Gasteiger charge is -2.44. The summed E-state index contributed by atoms with van der Waals surface area (Å²) in [5, 5.41) is 2.52. The monoisotopic (exact) mass is 356 g/mol. The lowest BCUT2D eigenvalue weighted by atomic mass is 9.66. The number of carbonyl (C=O) groups is 3. The van der Waals surface area contributed by atoms with E-state index in [0.717, 1.165) is 15.8 Å². The Morgan fingerprint density at radius 1 is 1.25 bits per heavy atom. The average Bonchev–Trinajstić information content (AvgIpc) is 2.29. The van der Waals surface area contributed by atoms with Gasteiger partial charge in [-0.3, -0.25) is 14.9 Å². The molecule has 2 fully saturated rings. The molecular formula is C13H10BrClN2O3. The van der Waals surface area contributed by atoms with Crippen LogP contribution in [0.1, 0.15) is 19.3 Å². The lowest BCUT2D eigenvalue weighted by molar-refractivity contribution is -0.148. The molecule has 1 aliphatic carbocycles. The number of rotatable bonds is 1. The average molecular weight is 358 g/mol. The van der Waals surface area contributed by atoms with E-state index < -0.39 is 23.3 Å². The van der Waals surface area contributed by atoms with E-state index in [1.165, 1.54) is 0 Å². The number of nitrogens with zero attached hydrogens (tertiary/aromatic N) is 1. The maximum absolute atomic E-state index is 12.6. The van der Waals surface area contributed by atoms with Gasteiger partial charge in [-0.15, -0.1) is 0 Å². The van der Waals surface area contributed by atoms with Crippen molar-refractivity contribution in [2.24, 2.45) is 5.41 Å². The normalized spacial score (nSPS) is 20.9. The summed E-state index contributed by atoms with van der Waals surface area (Å²) < 4.78 is 0.741. The molecule has 1 saturated heterocycles. The van der Waals surface area contributed by atoms with Crippen molar-refractivity contribution in [3.63, 3.8) is 0 Å². The van der Waals surface area contributed by atoms with Crippen LogP contribution in [0.4, 0.5) is 10.5 Å². The van der Waals surface area contributed by atoms with E-state index in [9.17, 15) is 14.4 Å². The number of amides is 4. The van der Waals surface area contributed by atoms with E-state index in [1.54, 1.807) is 18.2 Å². The van der Waals surface area contributed by atoms with E-state index in [1.807, 2.05) is 0 Å². The van der Waals surface area contributed by atoms with Gasteiger partial charge in [0.1, 0.15) is 5.41 Å². The van der Waals surface area contributed by atoms with Gasteiger partial charge in [0.15, 0.2) is 0 Å². The van der Waals surface area contributed by atoms with Crippen LogP contribution >= 0.6 is 27.5 Å². The van der Waals surface area contributed by atoms with Crippen LogP contribution in [0, 0.1) is 5.41 Å². The molecule has 0 bridgehead atoms. The smallest absolute Gasteiger partial charge is 0.276 e. The van der Waals surface area contributed by atoms with Crippen LogP contribution in [-0.2, 0) is 9.59 Å². The Kier molecular flexibility index (Phi) is 3.10. The predicted octanol–water partition coefficient (Wildman–Crippen LogP) is 2.86. The van der Waals surface area contributed by atoms with Crippen molar-refractivity contribution >= 4 is 51.1 Å². The molecule has 1 aromatic carbocycles. The Hall–Kier alpha value is -1.40. The number of benzene rings is 1. The fourth-order valence-electron chi connectivity index (χ4n) is 2.53. The molecule has 1 aliphatic heterocycles. The number of nitrogens with one attached hydrogen (secondary N) is 1. The minimum absolute atomic E-state index is 0.270. The van der Waals surface area contributed by atoms with Crippen molar-refractivity contribution in [3.8, 4) is 0 Å². The Morgan fingerprint density at radius 2 is 1.95 bits per heavy atom. The van der Waals surface area contributed by atoms with E-state index in [2.05, 4.69) is 21.2 Å². The Balaban J connectivity index is 2.05. The minimum Gasteiger partial charge on any atom is -0.276 e. The minimum atomic E-state index is -1.09. The first kappa shape index (κ1) is 13.6. The molecule has 1 aromatic rings. The maximum Gasteiger partial charge on any atom is 0.335 e. The summed E-state index contributed by atoms with van der Waals surface area (Å²) in [5.74, 6) is -0.982. The molecule has 1 spiro atoms. The second-order valence-electron chi connectivity index (χ2n) is 4.93. The van der Waals surface area contributed by atoms with Crippen LogP contribution in [-0.4, -0.2) is 17.8 Å². The first-order valence-corrected chi connectivity index (χ1v) is 7.28. The van der Waals surface area contributed by atoms with Gasteiger partial charge in [0, 0.05) is 4.47 Å². The maximum atomic E-state index is 12.6. The summed E-state index contributed by atoms with van der Waals surface area (Å²) in [6.07, 6.45) is 1.74. The van der Waals surface area contributed by atoms with Gasteiger partial charge < -0.3 is 0 Å². The number of anilines is 1. The molecule has 1 saturated carbocycles. The third-order valence-corrected chi connectivity index (χ3v) is 4.62. The topological polar surface area (TPSA) is 66.5 Å². The SMILES string of the molecule is O=C1NC(=O)C2(CCC2)C(=O)N1c1ccc(Br)cc1Cl. The number of hydrogen-bond donors (Lipinski definition) is 1. The fraction of sp³-hybridized carbons (Fsp3) is 0.308. The number of halogens is 2. The molecule has 4 amide bonds. The predicted molar refractivity (Wildman–Crippen MR) is 76.5 cm³/mol. The Morgan fingerprint density at radius 3 is 2.50 bits per heavy atom. The molecule has 2 aliphatic rings. The van der Waals surface area contributed by atoms with Gasteiger partial charge in [0.2, 0.25) is 5.91 Å². The quantitative estimate of drug-likeness (QED) is 0.786. The number of hydrogen-bond acceptors (Lipinski definition) is 3. The van der Waals surface area contributed by atoms with Gasteiger partial charge in [-0.2, -0.15) is 0 Å². The van der Waals surface area contributed by atoms with Gasteiger partial charge in [-0.25, -0.2) is 9.69 Å². The molecular weight excluding hydrogens is 348 g/mol. The Labute approximate surface area is 128 Å². The summed E-state index contributed by atoms with van der Waals surface area (Å²) in [6.45, 7) is 0. The highest BCUT2D eigenvalue weighted by Crippen LogP contribution is 2.46. The van der Waals surface area contributed by atoms with Gasteiger partial charge in [0.05, 0.1) is 10.7 Å². The highest BCUT2D eigenvalue weighted by atomic mass is 79.9. The summed E-state index contributed by atoms with van der Waals surface area (Å²) in [7, 11) is 0. The van der Waals surface area contributed by atoms with E-state index in [4.69, 9.17) is 11.6 Å². The third-order valence-electron chi connectivity index (χ3n) is 3.83. The molecule has 5 nitrogen and oxygen atoms in total. The van der Waals surface area contributed by atoms with Gasteiger partial charge in [-0.1, -0.05) is 34.0 Å². The van der Waals surface area contributed by atoms with E-state index in [-0.39, 0.29) is 10.7 Å². The van der Waals surface area contributed by atoms with Crippen LogP contribution in [0.3, 0.4) is 0 Å². The van der Waals surface area contributed by atoms with Crippen molar-refractivity contribution < 1.29 is 14.4 Å². The Bertz CT molecular complexity index is 643. The van der Waals surface area contributed by atoms with E-state index >= 15 is 0 Å². The zero-order chi connectivity index (χ0) is 14.5. The largest absolute Gasteiger partial charge is 0.335 e. The summed E-state index contributed by atoms with van der Waals surface area (Å²) in [5.41, 5.74) is -0.805. The molecule has 3 rings (SSSR count). The van der Waals surface area contributed by atoms with Crippen molar-refractivity contribution in [1.29, 1.82) is 0 Å². The second kappa shape index (κ2) is 4.56. The second-order valence-corrected chi connectivity index (χ2v) is 6.25. The molecule has 20 heavy (non-hydrogen) atoms. The number of barbiturate groups is 1. The van der Waals surface area contributed by atoms with Crippen molar-refractivity contribution in [2.45, 2.75) is 19.3 Å². The summed E-state index contributed by atoms with van der Waals surface area (Å²) in [4.78, 5) is 37.4. The third kappa shape index (κ3) is 1.78.